The molecule has 3 rings (SSSR count). The van der Waals surface area contributed by atoms with Gasteiger partial charge in [-0.2, -0.15) is 10.2 Å². The van der Waals surface area contributed by atoms with Crippen molar-refractivity contribution >= 4 is 17.6 Å². The predicted molar refractivity (Wildman–Crippen MR) is 90.9 cm³/mol. The summed E-state index contributed by atoms with van der Waals surface area (Å²) < 4.78 is 3.57. The molecule has 1 aliphatic rings. The quantitative estimate of drug-likeness (QED) is 0.833. The van der Waals surface area contributed by atoms with Gasteiger partial charge in [0.15, 0.2) is 0 Å². The second-order valence-electron chi connectivity index (χ2n) is 6.46. The molecule has 2 aromatic heterocycles. The maximum atomic E-state index is 12.5. The number of amides is 1. The highest BCUT2D eigenvalue weighted by Crippen LogP contribution is 2.31. The number of hydrogen-bond donors (Lipinski definition) is 2. The molecule has 0 unspecified atom stereocenters. The van der Waals surface area contributed by atoms with E-state index in [9.17, 15) is 14.7 Å². The molecule has 1 aliphatic carbocycles. The fourth-order valence-electron chi connectivity index (χ4n) is 3.34. The third-order valence-electron chi connectivity index (χ3n) is 4.68. The number of carbonyl (C=O) groups is 2. The molecule has 0 bridgehead atoms. The topological polar surface area (TPSA) is 102 Å². The summed E-state index contributed by atoms with van der Waals surface area (Å²) in [5.74, 6) is -2.19. The average Bonchev–Trinajstić information content (AvgIpc) is 3.24. The van der Waals surface area contributed by atoms with Gasteiger partial charge in [0.25, 0.3) is 0 Å². The molecule has 25 heavy (non-hydrogen) atoms. The Morgan fingerprint density at radius 2 is 1.88 bits per heavy atom. The van der Waals surface area contributed by atoms with Gasteiger partial charge in [-0.05, 0) is 19.8 Å². The lowest BCUT2D eigenvalue weighted by Crippen LogP contribution is -2.35. The number of aromatic nitrogens is 4. The van der Waals surface area contributed by atoms with Crippen molar-refractivity contribution < 1.29 is 14.7 Å². The van der Waals surface area contributed by atoms with E-state index in [-0.39, 0.29) is 5.91 Å². The van der Waals surface area contributed by atoms with Crippen LogP contribution in [0.3, 0.4) is 0 Å². The number of aryl methyl sites for hydroxylation is 1. The number of anilines is 1. The minimum absolute atomic E-state index is 0.231. The smallest absolute Gasteiger partial charge is 0.307 e. The zero-order valence-corrected chi connectivity index (χ0v) is 14.3. The van der Waals surface area contributed by atoms with Gasteiger partial charge in [-0.1, -0.05) is 12.8 Å². The summed E-state index contributed by atoms with van der Waals surface area (Å²) in [4.78, 5) is 23.8. The van der Waals surface area contributed by atoms with Crippen molar-refractivity contribution in [1.29, 1.82) is 0 Å². The SMILES string of the molecule is CCn1cc(Cn2cc(NC(=O)[C@@H]3CCCC[C@@H]3C(=O)O)cn2)cn1. The Labute approximate surface area is 145 Å². The Morgan fingerprint density at radius 1 is 1.16 bits per heavy atom. The van der Waals surface area contributed by atoms with Crippen molar-refractivity contribution in [3.8, 4) is 0 Å². The molecular formula is C17H23N5O3. The summed E-state index contributed by atoms with van der Waals surface area (Å²) in [6.07, 6.45) is 10.0. The Kier molecular flexibility index (Phi) is 5.16. The zero-order chi connectivity index (χ0) is 17.8. The summed E-state index contributed by atoms with van der Waals surface area (Å²) in [6, 6.07) is 0. The van der Waals surface area contributed by atoms with Gasteiger partial charge in [0, 0.05) is 24.5 Å². The predicted octanol–water partition coefficient (Wildman–Crippen LogP) is 1.98. The summed E-state index contributed by atoms with van der Waals surface area (Å²) in [5, 5.41) is 20.6. The fraction of sp³-hybridized carbons (Fsp3) is 0.529. The van der Waals surface area contributed by atoms with Crippen molar-refractivity contribution in [3.63, 3.8) is 0 Å². The van der Waals surface area contributed by atoms with E-state index in [1.54, 1.807) is 23.3 Å². The molecule has 1 fully saturated rings. The van der Waals surface area contributed by atoms with Crippen LogP contribution in [0.4, 0.5) is 5.69 Å². The van der Waals surface area contributed by atoms with Crippen molar-refractivity contribution in [2.75, 3.05) is 5.32 Å². The van der Waals surface area contributed by atoms with Gasteiger partial charge < -0.3 is 10.4 Å². The minimum Gasteiger partial charge on any atom is -0.481 e. The van der Waals surface area contributed by atoms with Gasteiger partial charge in [-0.25, -0.2) is 0 Å². The van der Waals surface area contributed by atoms with E-state index in [1.165, 1.54) is 0 Å². The summed E-state index contributed by atoms with van der Waals surface area (Å²) in [7, 11) is 0. The van der Waals surface area contributed by atoms with Gasteiger partial charge in [0.05, 0.1) is 36.5 Å². The van der Waals surface area contributed by atoms with Gasteiger partial charge in [0.1, 0.15) is 0 Å². The molecule has 2 N–H and O–H groups in total. The number of carboxylic acid groups (broad SMARTS) is 1. The summed E-state index contributed by atoms with van der Waals surface area (Å²) >= 11 is 0. The van der Waals surface area contributed by atoms with Gasteiger partial charge >= 0.3 is 5.97 Å². The highest BCUT2D eigenvalue weighted by Gasteiger charge is 2.35. The van der Waals surface area contributed by atoms with Crippen LogP contribution in [0.15, 0.2) is 24.8 Å². The number of rotatable bonds is 6. The Bertz CT molecular complexity index is 751. The molecule has 134 valence electrons. The molecular weight excluding hydrogens is 322 g/mol. The van der Waals surface area contributed by atoms with E-state index in [2.05, 4.69) is 15.5 Å². The number of aliphatic carboxylic acids is 1. The minimum atomic E-state index is -0.886. The number of carboxylic acids is 1. The van der Waals surface area contributed by atoms with E-state index in [1.807, 2.05) is 17.8 Å². The fourth-order valence-corrected chi connectivity index (χ4v) is 3.34. The van der Waals surface area contributed by atoms with E-state index in [0.717, 1.165) is 24.9 Å². The largest absolute Gasteiger partial charge is 0.481 e. The molecule has 8 nitrogen and oxygen atoms in total. The monoisotopic (exact) mass is 345 g/mol. The number of nitrogens with zero attached hydrogens (tertiary/aromatic N) is 4. The lowest BCUT2D eigenvalue weighted by Gasteiger charge is -2.27. The molecule has 2 aromatic rings. The summed E-state index contributed by atoms with van der Waals surface area (Å²) in [6.45, 7) is 3.40. The first-order chi connectivity index (χ1) is 12.1. The van der Waals surface area contributed by atoms with E-state index >= 15 is 0 Å². The first-order valence-corrected chi connectivity index (χ1v) is 8.64. The van der Waals surface area contributed by atoms with Crippen molar-refractivity contribution in [3.05, 3.63) is 30.4 Å². The van der Waals surface area contributed by atoms with Crippen LogP contribution in [-0.2, 0) is 22.7 Å². The first kappa shape index (κ1) is 17.2. The second-order valence-corrected chi connectivity index (χ2v) is 6.46. The third kappa shape index (κ3) is 4.07. The van der Waals surface area contributed by atoms with Crippen LogP contribution in [0, 0.1) is 11.8 Å². The molecule has 8 heteroatoms. The van der Waals surface area contributed by atoms with Crippen LogP contribution >= 0.6 is 0 Å². The molecule has 2 atom stereocenters. The van der Waals surface area contributed by atoms with Gasteiger partial charge in [-0.15, -0.1) is 0 Å². The van der Waals surface area contributed by atoms with Crippen molar-refractivity contribution in [2.24, 2.45) is 11.8 Å². The van der Waals surface area contributed by atoms with Crippen LogP contribution in [0.25, 0.3) is 0 Å². The first-order valence-electron chi connectivity index (χ1n) is 8.64. The van der Waals surface area contributed by atoms with E-state index < -0.39 is 17.8 Å². The molecule has 2 heterocycles. The lowest BCUT2D eigenvalue weighted by atomic mass is 9.78. The number of carbonyl (C=O) groups excluding carboxylic acids is 1. The van der Waals surface area contributed by atoms with Crippen LogP contribution in [0.2, 0.25) is 0 Å². The molecule has 1 amide bonds. The molecule has 0 aromatic carbocycles. The normalized spacial score (nSPS) is 20.4. The Balaban J connectivity index is 1.62. The second kappa shape index (κ2) is 7.50. The Hall–Kier alpha value is -2.64. The van der Waals surface area contributed by atoms with Crippen LogP contribution in [0.1, 0.15) is 38.2 Å². The van der Waals surface area contributed by atoms with Crippen LogP contribution < -0.4 is 5.32 Å². The summed E-state index contributed by atoms with van der Waals surface area (Å²) in [5.41, 5.74) is 1.61. The molecule has 0 aliphatic heterocycles. The molecule has 1 saturated carbocycles. The van der Waals surface area contributed by atoms with Crippen LogP contribution in [0.5, 0.6) is 0 Å². The van der Waals surface area contributed by atoms with E-state index in [0.29, 0.717) is 25.1 Å². The zero-order valence-electron chi connectivity index (χ0n) is 14.3. The van der Waals surface area contributed by atoms with Gasteiger partial charge in [0.2, 0.25) is 5.91 Å². The lowest BCUT2D eigenvalue weighted by molar-refractivity contribution is -0.147. The number of nitrogens with one attached hydrogen (secondary N) is 1. The third-order valence-corrected chi connectivity index (χ3v) is 4.68. The highest BCUT2D eigenvalue weighted by atomic mass is 16.4. The standard InChI is InChI=1S/C17H23N5O3/c1-2-21-9-12(7-18-21)10-22-11-13(8-19-22)20-16(23)14-5-3-4-6-15(14)17(24)25/h7-9,11,14-15H,2-6,10H2,1H3,(H,20,23)(H,24,25)/t14-,15+/m1/s1. The molecule has 0 saturated heterocycles. The highest BCUT2D eigenvalue weighted by molar-refractivity contribution is 5.95. The van der Waals surface area contributed by atoms with E-state index in [4.69, 9.17) is 0 Å². The van der Waals surface area contributed by atoms with Crippen LogP contribution in [-0.4, -0.2) is 36.5 Å². The number of hydrogen-bond acceptors (Lipinski definition) is 4. The van der Waals surface area contributed by atoms with Crippen molar-refractivity contribution in [2.45, 2.75) is 45.7 Å². The van der Waals surface area contributed by atoms with Crippen molar-refractivity contribution in [1.82, 2.24) is 19.6 Å². The average molecular weight is 345 g/mol. The molecule has 0 radical (unpaired) electrons. The maximum Gasteiger partial charge on any atom is 0.307 e. The van der Waals surface area contributed by atoms with Gasteiger partial charge in [-0.3, -0.25) is 19.0 Å². The maximum absolute atomic E-state index is 12.5. The molecule has 0 spiro atoms. The Morgan fingerprint density at radius 3 is 2.56 bits per heavy atom.